The molecule has 1 heterocycles. The number of hydrogen-bond acceptors (Lipinski definition) is 2. The van der Waals surface area contributed by atoms with Crippen molar-refractivity contribution in [3.63, 3.8) is 0 Å². The second-order valence-electron chi connectivity index (χ2n) is 7.00. The van der Waals surface area contributed by atoms with E-state index in [1.165, 1.54) is 16.7 Å². The average molecular weight is 311 g/mol. The van der Waals surface area contributed by atoms with Gasteiger partial charge in [-0.15, -0.1) is 0 Å². The number of ether oxygens (including phenoxy) is 1. The molecule has 0 amide bonds. The molecule has 1 saturated heterocycles. The monoisotopic (exact) mass is 311 g/mol. The Bertz CT molecular complexity index is 727. The minimum Gasteiger partial charge on any atom is -0.368 e. The van der Waals surface area contributed by atoms with Crippen molar-refractivity contribution in [1.29, 1.82) is 0 Å². The van der Waals surface area contributed by atoms with Crippen LogP contribution in [0.3, 0.4) is 0 Å². The van der Waals surface area contributed by atoms with Crippen LogP contribution in [0.5, 0.6) is 0 Å². The Kier molecular flexibility index (Phi) is 3.70. The van der Waals surface area contributed by atoms with Gasteiger partial charge in [-0.05, 0) is 61.3 Å². The number of halogens is 1. The predicted octanol–water partition coefficient (Wildman–Crippen LogP) is 3.91. The Labute approximate surface area is 136 Å². The molecular formula is C20H22FNO. The van der Waals surface area contributed by atoms with Crippen molar-refractivity contribution in [1.82, 2.24) is 4.90 Å². The van der Waals surface area contributed by atoms with E-state index in [1.807, 2.05) is 6.07 Å². The molecule has 3 heteroatoms. The van der Waals surface area contributed by atoms with E-state index in [4.69, 9.17) is 4.74 Å². The molecule has 0 radical (unpaired) electrons. The molecule has 0 unspecified atom stereocenters. The number of hydrogen-bond donors (Lipinski definition) is 0. The van der Waals surface area contributed by atoms with Crippen LogP contribution in [0, 0.1) is 5.82 Å². The normalized spacial score (nSPS) is 25.7. The van der Waals surface area contributed by atoms with Crippen LogP contribution < -0.4 is 0 Å². The van der Waals surface area contributed by atoms with Crippen LogP contribution in [0.4, 0.5) is 4.39 Å². The number of rotatable bonds is 2. The lowest BCUT2D eigenvalue weighted by Gasteiger charge is -2.20. The Morgan fingerprint density at radius 3 is 2.70 bits per heavy atom. The molecule has 2 aliphatic rings. The third kappa shape index (κ3) is 2.68. The Balaban J connectivity index is 1.80. The molecular weight excluding hydrogens is 289 g/mol. The zero-order valence-electron chi connectivity index (χ0n) is 13.6. The molecule has 1 aliphatic heterocycles. The molecule has 1 aliphatic carbocycles. The summed E-state index contributed by atoms with van der Waals surface area (Å²) in [4.78, 5) is 2.16. The molecule has 0 spiro atoms. The fraction of sp³-hybridized carbons (Fsp3) is 0.400. The lowest BCUT2D eigenvalue weighted by atomic mass is 9.87. The van der Waals surface area contributed by atoms with Gasteiger partial charge in [0.05, 0.1) is 12.2 Å². The van der Waals surface area contributed by atoms with Gasteiger partial charge in [0, 0.05) is 12.5 Å². The second-order valence-corrected chi connectivity index (χ2v) is 7.00. The summed E-state index contributed by atoms with van der Waals surface area (Å²) in [5.41, 5.74) is 4.95. The van der Waals surface area contributed by atoms with E-state index < -0.39 is 0 Å². The van der Waals surface area contributed by atoms with Crippen LogP contribution in [0.25, 0.3) is 0 Å². The van der Waals surface area contributed by atoms with Crippen LogP contribution >= 0.6 is 0 Å². The highest BCUT2D eigenvalue weighted by Gasteiger charge is 2.40. The number of likely N-dealkylation sites (N-methyl/N-ethyl adjacent to an activating group) is 1. The predicted molar refractivity (Wildman–Crippen MR) is 89.2 cm³/mol. The third-order valence-electron chi connectivity index (χ3n) is 5.04. The Morgan fingerprint density at radius 1 is 1.09 bits per heavy atom. The highest BCUT2D eigenvalue weighted by Crippen LogP contribution is 2.49. The van der Waals surface area contributed by atoms with E-state index in [-0.39, 0.29) is 18.0 Å². The summed E-state index contributed by atoms with van der Waals surface area (Å²) in [7, 11) is 4.14. The molecule has 3 atom stereocenters. The third-order valence-corrected chi connectivity index (χ3v) is 5.04. The zero-order valence-corrected chi connectivity index (χ0v) is 13.6. The fourth-order valence-electron chi connectivity index (χ4n) is 4.12. The van der Waals surface area contributed by atoms with Gasteiger partial charge in [0.2, 0.25) is 0 Å². The average Bonchev–Trinajstić information content (AvgIpc) is 2.87. The number of benzene rings is 2. The van der Waals surface area contributed by atoms with Crippen LogP contribution in [0.1, 0.15) is 40.7 Å². The van der Waals surface area contributed by atoms with E-state index in [1.54, 1.807) is 12.1 Å². The molecule has 120 valence electrons. The van der Waals surface area contributed by atoms with Crippen molar-refractivity contribution in [2.24, 2.45) is 0 Å². The molecule has 0 N–H and O–H groups in total. The maximum Gasteiger partial charge on any atom is 0.123 e. The summed E-state index contributed by atoms with van der Waals surface area (Å²) < 4.78 is 20.2. The summed E-state index contributed by atoms with van der Waals surface area (Å²) in [6.45, 7) is 0.903. The highest BCUT2D eigenvalue weighted by molar-refractivity contribution is 5.45. The van der Waals surface area contributed by atoms with Crippen LogP contribution in [-0.2, 0) is 11.2 Å². The van der Waals surface area contributed by atoms with E-state index in [0.29, 0.717) is 5.92 Å². The van der Waals surface area contributed by atoms with Crippen molar-refractivity contribution >= 4 is 0 Å². The van der Waals surface area contributed by atoms with Crippen LogP contribution in [0.15, 0.2) is 42.5 Å². The summed E-state index contributed by atoms with van der Waals surface area (Å²) >= 11 is 0. The van der Waals surface area contributed by atoms with E-state index in [0.717, 1.165) is 24.9 Å². The minimum absolute atomic E-state index is 0.0331. The van der Waals surface area contributed by atoms with Gasteiger partial charge in [-0.1, -0.05) is 30.3 Å². The number of nitrogens with zero attached hydrogens (tertiary/aromatic N) is 1. The lowest BCUT2D eigenvalue weighted by molar-refractivity contribution is 0.0270. The van der Waals surface area contributed by atoms with Gasteiger partial charge in [0.25, 0.3) is 0 Å². The topological polar surface area (TPSA) is 12.5 Å². The van der Waals surface area contributed by atoms with Crippen molar-refractivity contribution in [2.45, 2.75) is 31.0 Å². The first-order valence-corrected chi connectivity index (χ1v) is 8.28. The van der Waals surface area contributed by atoms with Gasteiger partial charge in [0.1, 0.15) is 5.82 Å². The van der Waals surface area contributed by atoms with E-state index >= 15 is 0 Å². The zero-order chi connectivity index (χ0) is 16.0. The van der Waals surface area contributed by atoms with Crippen LogP contribution in [-0.4, -0.2) is 31.6 Å². The molecule has 2 aromatic carbocycles. The summed E-state index contributed by atoms with van der Waals surface area (Å²) in [6.07, 6.45) is 2.02. The molecule has 0 bridgehead atoms. The van der Waals surface area contributed by atoms with Crippen LogP contribution in [0.2, 0.25) is 0 Å². The molecule has 23 heavy (non-hydrogen) atoms. The molecule has 2 nitrogen and oxygen atoms in total. The van der Waals surface area contributed by atoms with Gasteiger partial charge in [-0.2, -0.15) is 0 Å². The first-order valence-electron chi connectivity index (χ1n) is 8.28. The molecule has 0 aromatic heterocycles. The quantitative estimate of drug-likeness (QED) is 0.834. The van der Waals surface area contributed by atoms with Crippen molar-refractivity contribution in [3.8, 4) is 0 Å². The van der Waals surface area contributed by atoms with E-state index in [2.05, 4.69) is 43.3 Å². The maximum absolute atomic E-state index is 13.9. The molecule has 0 saturated carbocycles. The van der Waals surface area contributed by atoms with Crippen molar-refractivity contribution in [3.05, 3.63) is 70.5 Å². The first kappa shape index (κ1) is 14.9. The Hall–Kier alpha value is -1.71. The van der Waals surface area contributed by atoms with Gasteiger partial charge in [-0.25, -0.2) is 4.39 Å². The van der Waals surface area contributed by atoms with Gasteiger partial charge < -0.3 is 9.64 Å². The van der Waals surface area contributed by atoms with E-state index in [9.17, 15) is 4.39 Å². The summed E-state index contributed by atoms with van der Waals surface area (Å²) in [5.74, 6) is 0.146. The smallest absolute Gasteiger partial charge is 0.123 e. The SMILES string of the molecule is CN(C)C[C@H]1C[C@@H]2c3ccccc3Cc3ccc(F)cc3[C@H]2O1. The van der Waals surface area contributed by atoms with Gasteiger partial charge in [-0.3, -0.25) is 0 Å². The minimum atomic E-state index is -0.173. The molecule has 1 fully saturated rings. The largest absolute Gasteiger partial charge is 0.368 e. The fourth-order valence-corrected chi connectivity index (χ4v) is 4.12. The second kappa shape index (κ2) is 5.73. The van der Waals surface area contributed by atoms with Gasteiger partial charge >= 0.3 is 0 Å². The standard InChI is InChI=1S/C20H22FNO/c1-22(2)12-16-11-19-17-6-4-3-5-13(17)9-14-7-8-15(21)10-18(14)20(19)23-16/h3-8,10,16,19-20H,9,11-12H2,1-2H3/t16-,19-,20-/m1/s1. The Morgan fingerprint density at radius 2 is 1.87 bits per heavy atom. The van der Waals surface area contributed by atoms with Crippen molar-refractivity contribution in [2.75, 3.05) is 20.6 Å². The summed E-state index contributed by atoms with van der Waals surface area (Å²) in [5, 5.41) is 0. The lowest BCUT2D eigenvalue weighted by Crippen LogP contribution is -2.25. The highest BCUT2D eigenvalue weighted by atomic mass is 19.1. The molecule has 4 rings (SSSR count). The maximum atomic E-state index is 13.9. The van der Waals surface area contributed by atoms with Gasteiger partial charge in [0.15, 0.2) is 0 Å². The first-order chi connectivity index (χ1) is 11.1. The van der Waals surface area contributed by atoms with Crippen molar-refractivity contribution < 1.29 is 9.13 Å². The molecule has 2 aromatic rings. The summed E-state index contributed by atoms with van der Waals surface area (Å²) in [6, 6.07) is 13.8. The number of fused-ring (bicyclic) bond motifs is 5.